The van der Waals surface area contributed by atoms with Gasteiger partial charge in [0.05, 0.1) is 10.2 Å². The van der Waals surface area contributed by atoms with Crippen molar-refractivity contribution < 1.29 is 4.74 Å². The molecule has 1 aromatic rings. The lowest BCUT2D eigenvalue weighted by Crippen LogP contribution is -2.08. The molecule has 1 fully saturated rings. The van der Waals surface area contributed by atoms with Crippen LogP contribution in [0.1, 0.15) is 25.7 Å². The van der Waals surface area contributed by atoms with Crippen molar-refractivity contribution >= 4 is 34.2 Å². The van der Waals surface area contributed by atoms with Crippen LogP contribution in [-0.2, 0) is 0 Å². The molecule has 0 N–H and O–H groups in total. The molecule has 0 aromatic heterocycles. The molecule has 1 nitrogen and oxygen atoms in total. The predicted octanol–water partition coefficient (Wildman–Crippen LogP) is 4.51. The van der Waals surface area contributed by atoms with Crippen molar-refractivity contribution in [3.8, 4) is 5.75 Å². The Bertz CT molecular complexity index is 334. The van der Waals surface area contributed by atoms with E-state index in [2.05, 4.69) is 22.6 Å². The lowest BCUT2D eigenvalue weighted by Gasteiger charge is -2.12. The second-order valence-electron chi connectivity index (χ2n) is 4.04. The highest BCUT2D eigenvalue weighted by Crippen LogP contribution is 2.28. The summed E-state index contributed by atoms with van der Waals surface area (Å²) >= 11 is 8.21. The quantitative estimate of drug-likeness (QED) is 0.738. The Labute approximate surface area is 109 Å². The van der Waals surface area contributed by atoms with Crippen LogP contribution in [0, 0.1) is 9.49 Å². The van der Waals surface area contributed by atoms with E-state index in [9.17, 15) is 0 Å². The molecular formula is C12H14ClIO. The number of hydrogen-bond acceptors (Lipinski definition) is 1. The van der Waals surface area contributed by atoms with Gasteiger partial charge in [0.15, 0.2) is 0 Å². The zero-order valence-electron chi connectivity index (χ0n) is 8.51. The Kier molecular flexibility index (Phi) is 4.14. The first kappa shape index (κ1) is 11.5. The Morgan fingerprint density at radius 3 is 2.80 bits per heavy atom. The lowest BCUT2D eigenvalue weighted by molar-refractivity contribution is 0.250. The van der Waals surface area contributed by atoms with Gasteiger partial charge in [0.1, 0.15) is 5.75 Å². The summed E-state index contributed by atoms with van der Waals surface area (Å²) in [5, 5.41) is 0.747. The van der Waals surface area contributed by atoms with Gasteiger partial charge in [0.2, 0.25) is 0 Å². The van der Waals surface area contributed by atoms with Crippen molar-refractivity contribution in [1.29, 1.82) is 0 Å². The Morgan fingerprint density at radius 2 is 2.07 bits per heavy atom. The average molecular weight is 337 g/mol. The highest BCUT2D eigenvalue weighted by molar-refractivity contribution is 14.1. The zero-order valence-corrected chi connectivity index (χ0v) is 11.4. The van der Waals surface area contributed by atoms with Crippen molar-refractivity contribution in [2.24, 2.45) is 5.92 Å². The van der Waals surface area contributed by atoms with Gasteiger partial charge in [0.25, 0.3) is 0 Å². The molecule has 0 radical (unpaired) electrons. The van der Waals surface area contributed by atoms with Gasteiger partial charge in [-0.25, -0.2) is 0 Å². The summed E-state index contributed by atoms with van der Waals surface area (Å²) in [6, 6.07) is 5.79. The van der Waals surface area contributed by atoms with Gasteiger partial charge in [-0.3, -0.25) is 0 Å². The second kappa shape index (κ2) is 5.39. The van der Waals surface area contributed by atoms with Crippen LogP contribution < -0.4 is 4.74 Å². The summed E-state index contributed by atoms with van der Waals surface area (Å²) in [6.07, 6.45) is 5.36. The zero-order chi connectivity index (χ0) is 10.7. The monoisotopic (exact) mass is 336 g/mol. The maximum Gasteiger partial charge on any atom is 0.134 e. The van der Waals surface area contributed by atoms with E-state index in [4.69, 9.17) is 16.3 Å². The molecule has 0 atom stereocenters. The van der Waals surface area contributed by atoms with E-state index in [0.717, 1.165) is 26.9 Å². The number of hydrogen-bond donors (Lipinski definition) is 0. The normalized spacial score (nSPS) is 16.9. The number of benzene rings is 1. The molecule has 1 aromatic carbocycles. The van der Waals surface area contributed by atoms with Crippen molar-refractivity contribution in [1.82, 2.24) is 0 Å². The number of rotatable bonds is 3. The Balaban J connectivity index is 1.94. The molecule has 82 valence electrons. The fourth-order valence-corrected chi connectivity index (χ4v) is 2.63. The van der Waals surface area contributed by atoms with Crippen molar-refractivity contribution in [3.63, 3.8) is 0 Å². The first-order valence-electron chi connectivity index (χ1n) is 5.33. The summed E-state index contributed by atoms with van der Waals surface area (Å²) in [5.41, 5.74) is 0. The molecule has 1 aliphatic rings. The van der Waals surface area contributed by atoms with E-state index in [-0.39, 0.29) is 0 Å². The minimum absolute atomic E-state index is 0.747. The van der Waals surface area contributed by atoms with Crippen LogP contribution in [0.15, 0.2) is 18.2 Å². The van der Waals surface area contributed by atoms with Gasteiger partial charge in [-0.2, -0.15) is 0 Å². The molecule has 1 aliphatic carbocycles. The first-order valence-corrected chi connectivity index (χ1v) is 6.79. The summed E-state index contributed by atoms with van der Waals surface area (Å²) in [7, 11) is 0. The fraction of sp³-hybridized carbons (Fsp3) is 0.500. The van der Waals surface area contributed by atoms with Crippen LogP contribution in [0.25, 0.3) is 0 Å². The molecule has 0 heterocycles. The molecule has 0 amide bonds. The smallest absolute Gasteiger partial charge is 0.134 e. The van der Waals surface area contributed by atoms with Gasteiger partial charge in [0, 0.05) is 5.02 Å². The Hall–Kier alpha value is 0.0400. The van der Waals surface area contributed by atoms with E-state index in [1.54, 1.807) is 0 Å². The van der Waals surface area contributed by atoms with E-state index in [1.165, 1.54) is 25.7 Å². The third kappa shape index (κ3) is 3.25. The molecule has 0 bridgehead atoms. The average Bonchev–Trinajstić information content (AvgIpc) is 2.72. The van der Waals surface area contributed by atoms with Gasteiger partial charge in [-0.1, -0.05) is 24.4 Å². The highest BCUT2D eigenvalue weighted by atomic mass is 127. The molecule has 0 saturated heterocycles. The van der Waals surface area contributed by atoms with Crippen molar-refractivity contribution in [2.75, 3.05) is 6.61 Å². The summed E-state index contributed by atoms with van der Waals surface area (Å²) < 4.78 is 6.94. The van der Waals surface area contributed by atoms with Crippen molar-refractivity contribution in [3.05, 3.63) is 26.8 Å². The van der Waals surface area contributed by atoms with Gasteiger partial charge >= 0.3 is 0 Å². The van der Waals surface area contributed by atoms with Crippen LogP contribution in [-0.4, -0.2) is 6.61 Å². The molecule has 0 aliphatic heterocycles. The fourth-order valence-electron chi connectivity index (χ4n) is 1.97. The minimum Gasteiger partial charge on any atom is -0.492 e. The molecule has 0 unspecified atom stereocenters. The summed E-state index contributed by atoms with van der Waals surface area (Å²) in [4.78, 5) is 0. The predicted molar refractivity (Wildman–Crippen MR) is 71.6 cm³/mol. The standard InChI is InChI=1S/C12H14ClIO/c13-10-5-6-11(14)12(7-10)15-8-9-3-1-2-4-9/h5-7,9H,1-4,8H2. The van der Waals surface area contributed by atoms with Gasteiger partial charge in [-0.05, 0) is 59.5 Å². The van der Waals surface area contributed by atoms with E-state index in [0.29, 0.717) is 0 Å². The molecule has 2 rings (SSSR count). The molecule has 3 heteroatoms. The highest BCUT2D eigenvalue weighted by Gasteiger charge is 2.16. The van der Waals surface area contributed by atoms with E-state index in [1.807, 2.05) is 18.2 Å². The maximum absolute atomic E-state index is 5.93. The van der Waals surface area contributed by atoms with Gasteiger partial charge < -0.3 is 4.74 Å². The Morgan fingerprint density at radius 1 is 1.33 bits per heavy atom. The van der Waals surface area contributed by atoms with E-state index >= 15 is 0 Å². The van der Waals surface area contributed by atoms with Gasteiger partial charge in [-0.15, -0.1) is 0 Å². The molecule has 1 saturated carbocycles. The minimum atomic E-state index is 0.747. The third-order valence-corrected chi connectivity index (χ3v) is 3.97. The van der Waals surface area contributed by atoms with Crippen LogP contribution in [0.2, 0.25) is 5.02 Å². The molecular weight excluding hydrogens is 322 g/mol. The topological polar surface area (TPSA) is 9.23 Å². The number of ether oxygens (including phenoxy) is 1. The maximum atomic E-state index is 5.93. The largest absolute Gasteiger partial charge is 0.492 e. The van der Waals surface area contributed by atoms with Crippen molar-refractivity contribution in [2.45, 2.75) is 25.7 Å². The van der Waals surface area contributed by atoms with Crippen LogP contribution in [0.3, 0.4) is 0 Å². The lowest BCUT2D eigenvalue weighted by atomic mass is 10.1. The SMILES string of the molecule is Clc1ccc(I)c(OCC2CCCC2)c1. The number of halogens is 2. The summed E-state index contributed by atoms with van der Waals surface area (Å²) in [6.45, 7) is 0.844. The third-order valence-electron chi connectivity index (χ3n) is 2.84. The van der Waals surface area contributed by atoms with Crippen LogP contribution in [0.4, 0.5) is 0 Å². The van der Waals surface area contributed by atoms with Crippen LogP contribution >= 0.6 is 34.2 Å². The molecule has 0 spiro atoms. The first-order chi connectivity index (χ1) is 7.25. The second-order valence-corrected chi connectivity index (χ2v) is 5.63. The summed E-state index contributed by atoms with van der Waals surface area (Å²) in [5.74, 6) is 1.68. The van der Waals surface area contributed by atoms with E-state index < -0.39 is 0 Å². The van der Waals surface area contributed by atoms with Crippen LogP contribution in [0.5, 0.6) is 5.75 Å². The molecule has 15 heavy (non-hydrogen) atoms.